The van der Waals surface area contributed by atoms with Crippen molar-refractivity contribution in [3.05, 3.63) is 47.5 Å². The Bertz CT molecular complexity index is 984. The molecule has 1 N–H and O–H groups in total. The van der Waals surface area contributed by atoms with E-state index in [1.165, 1.54) is 10.7 Å². The van der Waals surface area contributed by atoms with Gasteiger partial charge in [0.25, 0.3) is 10.0 Å². The van der Waals surface area contributed by atoms with Gasteiger partial charge in [0.2, 0.25) is 5.91 Å². The van der Waals surface area contributed by atoms with Crippen LogP contribution in [0.1, 0.15) is 32.1 Å². The van der Waals surface area contributed by atoms with E-state index in [4.69, 9.17) is 11.6 Å². The van der Waals surface area contributed by atoms with Crippen molar-refractivity contribution in [2.24, 2.45) is 0 Å². The standard InChI is InChI=1S/C20H21ClN2O3S/c21-14-10-11-18-17(12-14)16-8-4-5-9-19(16)27(25,26)23(18)13-20(24)22-15-6-2-1-3-7-15/h4-5,8-12,15H,1-3,6-7,13H2,(H,22,24). The Balaban J connectivity index is 1.69. The number of benzene rings is 2. The topological polar surface area (TPSA) is 66.5 Å². The summed E-state index contributed by atoms with van der Waals surface area (Å²) in [5.41, 5.74) is 1.81. The Labute approximate surface area is 164 Å². The summed E-state index contributed by atoms with van der Waals surface area (Å²) in [5.74, 6) is -0.272. The van der Waals surface area contributed by atoms with E-state index in [1.807, 2.05) is 0 Å². The molecule has 2 aromatic carbocycles. The Morgan fingerprint density at radius 1 is 1.07 bits per heavy atom. The van der Waals surface area contributed by atoms with Crippen molar-refractivity contribution in [1.82, 2.24) is 5.32 Å². The summed E-state index contributed by atoms with van der Waals surface area (Å²) >= 11 is 6.15. The van der Waals surface area contributed by atoms with Crippen molar-refractivity contribution in [1.29, 1.82) is 0 Å². The molecule has 7 heteroatoms. The number of nitrogens with zero attached hydrogens (tertiary/aromatic N) is 1. The molecule has 5 nitrogen and oxygen atoms in total. The molecule has 1 saturated carbocycles. The summed E-state index contributed by atoms with van der Waals surface area (Å²) in [6.45, 7) is -0.234. The molecule has 0 bridgehead atoms. The maximum Gasteiger partial charge on any atom is 0.265 e. The second-order valence-electron chi connectivity index (χ2n) is 7.07. The minimum Gasteiger partial charge on any atom is -0.352 e. The maximum absolute atomic E-state index is 13.2. The van der Waals surface area contributed by atoms with Gasteiger partial charge in [-0.2, -0.15) is 0 Å². The normalized spacial score (nSPS) is 18.5. The lowest BCUT2D eigenvalue weighted by Crippen LogP contribution is -2.45. The molecule has 142 valence electrons. The third-order valence-corrected chi connectivity index (χ3v) is 7.28. The lowest BCUT2D eigenvalue weighted by atomic mass is 9.95. The highest BCUT2D eigenvalue weighted by Gasteiger charge is 2.36. The lowest BCUT2D eigenvalue weighted by Gasteiger charge is -2.32. The van der Waals surface area contributed by atoms with Crippen LogP contribution in [0.2, 0.25) is 5.02 Å². The van der Waals surface area contributed by atoms with Gasteiger partial charge in [-0.05, 0) is 37.1 Å². The van der Waals surface area contributed by atoms with Crippen LogP contribution in [0.4, 0.5) is 5.69 Å². The average molecular weight is 405 g/mol. The maximum atomic E-state index is 13.2. The van der Waals surface area contributed by atoms with E-state index < -0.39 is 10.0 Å². The van der Waals surface area contributed by atoms with Crippen LogP contribution >= 0.6 is 11.6 Å². The molecule has 1 heterocycles. The van der Waals surface area contributed by atoms with E-state index in [-0.39, 0.29) is 23.4 Å². The van der Waals surface area contributed by atoms with Crippen molar-refractivity contribution in [2.75, 3.05) is 10.8 Å². The van der Waals surface area contributed by atoms with Crippen LogP contribution in [-0.2, 0) is 14.8 Å². The van der Waals surface area contributed by atoms with Crippen molar-refractivity contribution in [3.63, 3.8) is 0 Å². The van der Waals surface area contributed by atoms with Gasteiger partial charge in [0.15, 0.2) is 0 Å². The van der Waals surface area contributed by atoms with E-state index in [9.17, 15) is 13.2 Å². The zero-order valence-electron chi connectivity index (χ0n) is 14.8. The summed E-state index contributed by atoms with van der Waals surface area (Å²) in [4.78, 5) is 12.8. The summed E-state index contributed by atoms with van der Waals surface area (Å²) in [6, 6.07) is 12.0. The number of anilines is 1. The fourth-order valence-corrected chi connectivity index (χ4v) is 5.75. The highest BCUT2D eigenvalue weighted by molar-refractivity contribution is 7.93. The molecular formula is C20H21ClN2O3S. The molecule has 4 rings (SSSR count). The third kappa shape index (κ3) is 3.44. The highest BCUT2D eigenvalue weighted by Crippen LogP contribution is 2.43. The minimum absolute atomic E-state index is 0.135. The number of halogens is 1. The predicted molar refractivity (Wildman–Crippen MR) is 106 cm³/mol. The fraction of sp³-hybridized carbons (Fsp3) is 0.350. The first-order chi connectivity index (χ1) is 13.0. The molecule has 0 spiro atoms. The van der Waals surface area contributed by atoms with Crippen LogP contribution in [0.5, 0.6) is 0 Å². The summed E-state index contributed by atoms with van der Waals surface area (Å²) in [6.07, 6.45) is 5.29. The van der Waals surface area contributed by atoms with Gasteiger partial charge in [-0.15, -0.1) is 0 Å². The van der Waals surface area contributed by atoms with Gasteiger partial charge in [-0.25, -0.2) is 8.42 Å². The van der Waals surface area contributed by atoms with Crippen LogP contribution in [0.3, 0.4) is 0 Å². The van der Waals surface area contributed by atoms with Gasteiger partial charge >= 0.3 is 0 Å². The zero-order chi connectivity index (χ0) is 19.0. The van der Waals surface area contributed by atoms with E-state index in [0.29, 0.717) is 16.3 Å². The van der Waals surface area contributed by atoms with E-state index in [1.54, 1.807) is 42.5 Å². The highest BCUT2D eigenvalue weighted by atomic mass is 35.5. The van der Waals surface area contributed by atoms with Gasteiger partial charge < -0.3 is 5.32 Å². The largest absolute Gasteiger partial charge is 0.352 e. The minimum atomic E-state index is -3.82. The first-order valence-electron chi connectivity index (χ1n) is 9.18. The van der Waals surface area contributed by atoms with Gasteiger partial charge in [0.1, 0.15) is 6.54 Å². The van der Waals surface area contributed by atoms with Crippen molar-refractivity contribution < 1.29 is 13.2 Å². The van der Waals surface area contributed by atoms with Crippen molar-refractivity contribution in [3.8, 4) is 11.1 Å². The monoisotopic (exact) mass is 404 g/mol. The number of carbonyl (C=O) groups excluding carboxylic acids is 1. The predicted octanol–water partition coefficient (Wildman–Crippen LogP) is 3.96. The summed E-state index contributed by atoms with van der Waals surface area (Å²) in [5, 5.41) is 3.52. The van der Waals surface area contributed by atoms with Gasteiger partial charge in [-0.1, -0.05) is 49.1 Å². The number of fused-ring (bicyclic) bond motifs is 3. The van der Waals surface area contributed by atoms with Crippen molar-refractivity contribution >= 4 is 33.2 Å². The number of nitrogens with one attached hydrogen (secondary N) is 1. The molecule has 27 heavy (non-hydrogen) atoms. The van der Waals surface area contributed by atoms with Gasteiger partial charge in [-0.3, -0.25) is 9.10 Å². The summed E-state index contributed by atoms with van der Waals surface area (Å²) in [7, 11) is -3.82. The molecule has 0 atom stereocenters. The molecule has 0 saturated heterocycles. The molecule has 0 radical (unpaired) electrons. The molecule has 1 fully saturated rings. The van der Waals surface area contributed by atoms with Crippen LogP contribution in [-0.4, -0.2) is 26.9 Å². The molecule has 1 amide bonds. The van der Waals surface area contributed by atoms with Gasteiger partial charge in [0.05, 0.1) is 10.6 Å². The number of amides is 1. The van der Waals surface area contributed by atoms with Crippen LogP contribution in [0.15, 0.2) is 47.4 Å². The smallest absolute Gasteiger partial charge is 0.265 e. The fourth-order valence-electron chi connectivity index (χ4n) is 3.92. The van der Waals surface area contributed by atoms with E-state index in [0.717, 1.165) is 31.2 Å². The molecule has 2 aliphatic rings. The molecule has 0 unspecified atom stereocenters. The number of hydrogen-bond donors (Lipinski definition) is 1. The Kier molecular flexibility index (Phi) is 4.86. The lowest BCUT2D eigenvalue weighted by molar-refractivity contribution is -0.120. The Morgan fingerprint density at radius 3 is 2.59 bits per heavy atom. The quantitative estimate of drug-likeness (QED) is 0.841. The number of carbonyl (C=O) groups is 1. The van der Waals surface area contributed by atoms with Crippen molar-refractivity contribution in [2.45, 2.75) is 43.0 Å². The average Bonchev–Trinajstić information content (AvgIpc) is 2.66. The molecule has 1 aliphatic carbocycles. The number of rotatable bonds is 3. The molecular weight excluding hydrogens is 384 g/mol. The SMILES string of the molecule is O=C(CN1c2ccc(Cl)cc2-c2ccccc2S1(=O)=O)NC1CCCCC1. The third-order valence-electron chi connectivity index (χ3n) is 5.23. The first kappa shape index (κ1) is 18.3. The molecule has 2 aromatic rings. The molecule has 0 aromatic heterocycles. The van der Waals surface area contributed by atoms with Crippen LogP contribution in [0.25, 0.3) is 11.1 Å². The second kappa shape index (κ2) is 7.17. The Morgan fingerprint density at radius 2 is 1.81 bits per heavy atom. The Hall–Kier alpha value is -2.05. The van der Waals surface area contributed by atoms with E-state index >= 15 is 0 Å². The number of hydrogen-bond acceptors (Lipinski definition) is 3. The van der Waals surface area contributed by atoms with Crippen LogP contribution in [0, 0.1) is 0 Å². The van der Waals surface area contributed by atoms with Gasteiger partial charge in [0, 0.05) is 22.2 Å². The first-order valence-corrected chi connectivity index (χ1v) is 11.0. The number of sulfonamides is 1. The van der Waals surface area contributed by atoms with Crippen LogP contribution < -0.4 is 9.62 Å². The summed E-state index contributed by atoms with van der Waals surface area (Å²) < 4.78 is 27.6. The van der Waals surface area contributed by atoms with E-state index in [2.05, 4.69) is 5.32 Å². The zero-order valence-corrected chi connectivity index (χ0v) is 16.4. The molecule has 1 aliphatic heterocycles. The second-order valence-corrected chi connectivity index (χ2v) is 9.34.